The van der Waals surface area contributed by atoms with Crippen molar-refractivity contribution < 1.29 is 32.6 Å². The van der Waals surface area contributed by atoms with Crippen LogP contribution in [0.4, 0.5) is 8.78 Å². The molecule has 0 spiro atoms. The average molecular weight is 622 g/mol. The van der Waals surface area contributed by atoms with Gasteiger partial charge in [-0.3, -0.25) is 9.59 Å². The fourth-order valence-corrected chi connectivity index (χ4v) is 4.84. The molecule has 0 radical (unpaired) electrons. The van der Waals surface area contributed by atoms with Crippen molar-refractivity contribution in [3.63, 3.8) is 0 Å². The second kappa shape index (κ2) is 9.86. The molecule has 5 nitrogen and oxygen atoms in total. The van der Waals surface area contributed by atoms with Crippen LogP contribution in [0.1, 0.15) is 38.2 Å². The Labute approximate surface area is 190 Å². The van der Waals surface area contributed by atoms with E-state index in [9.17, 15) is 18.4 Å². The summed E-state index contributed by atoms with van der Waals surface area (Å²) in [5, 5.41) is 0. The highest BCUT2D eigenvalue weighted by molar-refractivity contribution is 14.1. The van der Waals surface area contributed by atoms with E-state index in [2.05, 4.69) is 27.3 Å². The van der Waals surface area contributed by atoms with Gasteiger partial charge in [-0.2, -0.15) is 8.78 Å². The van der Waals surface area contributed by atoms with Crippen LogP contribution in [-0.2, 0) is 25.5 Å². The normalized spacial score (nSPS) is 25.1. The zero-order valence-electron chi connectivity index (χ0n) is 15.6. The van der Waals surface area contributed by atoms with Gasteiger partial charge in [-0.15, -0.1) is 0 Å². The first-order valence-electron chi connectivity index (χ1n) is 8.89. The Morgan fingerprint density at radius 1 is 1.39 bits per heavy atom. The van der Waals surface area contributed by atoms with Gasteiger partial charge in [0.15, 0.2) is 0 Å². The first-order chi connectivity index (χ1) is 13.1. The van der Waals surface area contributed by atoms with Crippen LogP contribution in [0.15, 0.2) is 18.2 Å². The number of rotatable bonds is 5. The number of halogens is 4. The molecule has 0 bridgehead atoms. The topological polar surface area (TPSA) is 61.8 Å². The molecule has 1 aliphatic rings. The highest BCUT2D eigenvalue weighted by Crippen LogP contribution is 2.44. The molecule has 2 rings (SSSR count). The van der Waals surface area contributed by atoms with Crippen molar-refractivity contribution in [3.8, 4) is 5.75 Å². The monoisotopic (exact) mass is 622 g/mol. The van der Waals surface area contributed by atoms with E-state index in [0.717, 1.165) is 3.57 Å². The van der Waals surface area contributed by atoms with Gasteiger partial charge in [0.05, 0.1) is 19.6 Å². The van der Waals surface area contributed by atoms with Gasteiger partial charge >= 0.3 is 18.0 Å². The van der Waals surface area contributed by atoms with Crippen molar-refractivity contribution >= 4 is 57.1 Å². The molecular weight excluding hydrogens is 600 g/mol. The van der Waals surface area contributed by atoms with E-state index >= 15 is 0 Å². The molecule has 2 atom stereocenters. The van der Waals surface area contributed by atoms with Crippen LogP contribution in [0, 0.1) is 9.49 Å². The smallest absolute Gasteiger partial charge is 0.403 e. The van der Waals surface area contributed by atoms with Crippen LogP contribution in [0.3, 0.4) is 0 Å². The Morgan fingerprint density at radius 3 is 2.75 bits per heavy atom. The van der Waals surface area contributed by atoms with Crippen LogP contribution in [0.5, 0.6) is 5.75 Å². The summed E-state index contributed by atoms with van der Waals surface area (Å²) in [7, 11) is 1.47. The van der Waals surface area contributed by atoms with Crippen molar-refractivity contribution in [2.75, 3.05) is 13.7 Å². The minimum atomic E-state index is -3.71. The third kappa shape index (κ3) is 5.90. The second-order valence-electron chi connectivity index (χ2n) is 6.64. The first kappa shape index (κ1) is 23.6. The SMILES string of the molecule is CCOC(=O)C1(I)CCCC(=O)OC(F)(F)C(Cc2cc(I)ccc2OC)C1. The molecule has 0 aromatic heterocycles. The maximum Gasteiger partial charge on any atom is 0.403 e. The molecule has 0 saturated carbocycles. The van der Waals surface area contributed by atoms with Gasteiger partial charge in [-0.25, -0.2) is 0 Å². The lowest BCUT2D eigenvalue weighted by Gasteiger charge is -2.32. The molecule has 1 saturated heterocycles. The molecule has 0 N–H and O–H groups in total. The molecule has 1 heterocycles. The van der Waals surface area contributed by atoms with Crippen molar-refractivity contribution in [1.82, 2.24) is 0 Å². The lowest BCUT2D eigenvalue weighted by Crippen LogP contribution is -2.42. The van der Waals surface area contributed by atoms with Crippen LogP contribution in [-0.4, -0.2) is 35.2 Å². The maximum absolute atomic E-state index is 14.9. The predicted molar refractivity (Wildman–Crippen MR) is 116 cm³/mol. The van der Waals surface area contributed by atoms with E-state index in [-0.39, 0.29) is 38.7 Å². The Hall–Kier alpha value is -0.720. The summed E-state index contributed by atoms with van der Waals surface area (Å²) in [6.45, 7) is 1.83. The van der Waals surface area contributed by atoms with E-state index in [1.54, 1.807) is 19.1 Å². The maximum atomic E-state index is 14.9. The molecule has 156 valence electrons. The van der Waals surface area contributed by atoms with Gasteiger partial charge in [0.2, 0.25) is 0 Å². The largest absolute Gasteiger partial charge is 0.496 e. The summed E-state index contributed by atoms with van der Waals surface area (Å²) in [6.07, 6.45) is -3.63. The van der Waals surface area contributed by atoms with Gasteiger partial charge in [0.1, 0.15) is 9.17 Å². The number of carbonyl (C=O) groups excluding carboxylic acids is 2. The predicted octanol–water partition coefficient (Wildman–Crippen LogP) is 4.91. The summed E-state index contributed by atoms with van der Waals surface area (Å²) < 4.78 is 44.5. The number of carbonyl (C=O) groups is 2. The zero-order chi connectivity index (χ0) is 20.9. The standard InChI is InChI=1S/C19H22F2I2O5/c1-3-27-17(25)18(23)8-4-5-16(24)28-19(20,21)13(11-18)9-12-10-14(22)6-7-15(12)26-2/h6-7,10,13H,3-5,8-9,11H2,1-2H3. The molecule has 1 fully saturated rings. The van der Waals surface area contributed by atoms with Crippen molar-refractivity contribution in [2.24, 2.45) is 5.92 Å². The van der Waals surface area contributed by atoms with Crippen molar-refractivity contribution in [2.45, 2.75) is 48.6 Å². The molecule has 1 aliphatic heterocycles. The number of methoxy groups -OCH3 is 1. The third-order valence-electron chi connectivity index (χ3n) is 4.60. The number of hydrogen-bond acceptors (Lipinski definition) is 5. The van der Waals surface area contributed by atoms with Gasteiger partial charge in [-0.1, -0.05) is 22.6 Å². The fourth-order valence-electron chi connectivity index (χ4n) is 3.22. The number of hydrogen-bond donors (Lipinski definition) is 0. The summed E-state index contributed by atoms with van der Waals surface area (Å²) in [6, 6.07) is 5.27. The summed E-state index contributed by atoms with van der Waals surface area (Å²) in [5.41, 5.74) is 0.567. The molecule has 0 aliphatic carbocycles. The molecule has 0 amide bonds. The Morgan fingerprint density at radius 2 is 2.11 bits per heavy atom. The summed E-state index contributed by atoms with van der Waals surface area (Å²) >= 11 is 3.99. The number of benzene rings is 1. The van der Waals surface area contributed by atoms with Gasteiger partial charge in [0, 0.05) is 9.99 Å². The van der Waals surface area contributed by atoms with E-state index in [1.165, 1.54) is 7.11 Å². The molecule has 9 heteroatoms. The lowest BCUT2D eigenvalue weighted by molar-refractivity contribution is -0.259. The quantitative estimate of drug-likeness (QED) is 0.266. The van der Waals surface area contributed by atoms with Crippen molar-refractivity contribution in [1.29, 1.82) is 0 Å². The minimum Gasteiger partial charge on any atom is -0.496 e. The second-order valence-corrected chi connectivity index (χ2v) is 9.95. The number of cyclic esters (lactones) is 1. The van der Waals surface area contributed by atoms with Crippen LogP contribution >= 0.6 is 45.2 Å². The van der Waals surface area contributed by atoms with Crippen LogP contribution in [0.25, 0.3) is 0 Å². The highest BCUT2D eigenvalue weighted by Gasteiger charge is 2.51. The summed E-state index contributed by atoms with van der Waals surface area (Å²) in [5.74, 6) is -2.44. The Balaban J connectivity index is 2.43. The number of ether oxygens (including phenoxy) is 3. The van der Waals surface area contributed by atoms with Crippen LogP contribution in [0.2, 0.25) is 0 Å². The first-order valence-corrected chi connectivity index (χ1v) is 11.0. The van der Waals surface area contributed by atoms with Gasteiger partial charge < -0.3 is 14.2 Å². The lowest BCUT2D eigenvalue weighted by atomic mass is 9.86. The fraction of sp³-hybridized carbons (Fsp3) is 0.579. The highest BCUT2D eigenvalue weighted by atomic mass is 127. The van der Waals surface area contributed by atoms with Gasteiger partial charge in [0.25, 0.3) is 0 Å². The Kier molecular flexibility index (Phi) is 8.29. The molecular formula is C19H22F2I2O5. The molecule has 1 aromatic rings. The van der Waals surface area contributed by atoms with Gasteiger partial charge in [-0.05, 0) is 79.0 Å². The number of esters is 2. The molecule has 2 unspecified atom stereocenters. The van der Waals surface area contributed by atoms with Crippen molar-refractivity contribution in [3.05, 3.63) is 27.3 Å². The molecule has 28 heavy (non-hydrogen) atoms. The third-order valence-corrected chi connectivity index (χ3v) is 6.69. The summed E-state index contributed by atoms with van der Waals surface area (Å²) in [4.78, 5) is 24.4. The van der Waals surface area contributed by atoms with E-state index in [0.29, 0.717) is 11.3 Å². The zero-order valence-corrected chi connectivity index (χ0v) is 19.9. The molecule has 1 aromatic carbocycles. The van der Waals surface area contributed by atoms with Crippen LogP contribution < -0.4 is 4.74 Å². The van der Waals surface area contributed by atoms with E-state index in [4.69, 9.17) is 9.47 Å². The van der Waals surface area contributed by atoms with E-state index in [1.807, 2.05) is 28.7 Å². The van der Waals surface area contributed by atoms with E-state index < -0.39 is 27.4 Å². The average Bonchev–Trinajstić information content (AvgIpc) is 2.64. The Bertz CT molecular complexity index is 728. The minimum absolute atomic E-state index is 0.107. The number of alkyl halides is 3.